The molecular weight excluding hydrogens is 248 g/mol. The van der Waals surface area contributed by atoms with E-state index in [9.17, 15) is 0 Å². The Morgan fingerprint density at radius 3 is 2.65 bits per heavy atom. The van der Waals surface area contributed by atoms with Crippen LogP contribution in [-0.2, 0) is 10.2 Å². The van der Waals surface area contributed by atoms with Crippen molar-refractivity contribution in [1.82, 2.24) is 4.90 Å². The molecule has 0 radical (unpaired) electrons. The van der Waals surface area contributed by atoms with Crippen molar-refractivity contribution in [2.24, 2.45) is 5.73 Å². The molecule has 0 aliphatic carbocycles. The maximum atomic E-state index is 6.12. The summed E-state index contributed by atoms with van der Waals surface area (Å²) in [5.74, 6) is 0. The molecule has 0 amide bonds. The zero-order valence-corrected chi connectivity index (χ0v) is 13.0. The van der Waals surface area contributed by atoms with Crippen molar-refractivity contribution < 1.29 is 4.74 Å². The van der Waals surface area contributed by atoms with Gasteiger partial charge in [0, 0.05) is 31.1 Å². The quantitative estimate of drug-likeness (QED) is 0.897. The van der Waals surface area contributed by atoms with Crippen LogP contribution in [0.25, 0.3) is 0 Å². The van der Waals surface area contributed by atoms with Crippen LogP contribution in [0.1, 0.15) is 32.8 Å². The van der Waals surface area contributed by atoms with Crippen molar-refractivity contribution >= 4 is 0 Å². The van der Waals surface area contributed by atoms with Gasteiger partial charge in [-0.3, -0.25) is 4.90 Å². The molecule has 112 valence electrons. The third kappa shape index (κ3) is 3.40. The van der Waals surface area contributed by atoms with Crippen LogP contribution in [0.3, 0.4) is 0 Å². The summed E-state index contributed by atoms with van der Waals surface area (Å²) in [5, 5.41) is 0. The Morgan fingerprint density at radius 1 is 1.35 bits per heavy atom. The summed E-state index contributed by atoms with van der Waals surface area (Å²) in [7, 11) is 0. The lowest BCUT2D eigenvalue weighted by molar-refractivity contribution is -0.0618. The molecule has 1 aromatic rings. The van der Waals surface area contributed by atoms with Gasteiger partial charge in [-0.25, -0.2) is 0 Å². The maximum Gasteiger partial charge on any atom is 0.0674 e. The predicted octanol–water partition coefficient (Wildman–Crippen LogP) is 2.40. The number of ether oxygens (including phenoxy) is 1. The monoisotopic (exact) mass is 276 g/mol. The molecule has 1 saturated heterocycles. The molecule has 2 N–H and O–H groups in total. The molecule has 0 aromatic heterocycles. The second-order valence-electron chi connectivity index (χ2n) is 6.27. The summed E-state index contributed by atoms with van der Waals surface area (Å²) in [6.45, 7) is 10.2. The molecule has 3 unspecified atom stereocenters. The summed E-state index contributed by atoms with van der Waals surface area (Å²) in [5.41, 5.74) is 7.46. The van der Waals surface area contributed by atoms with Crippen LogP contribution in [0.15, 0.2) is 30.3 Å². The van der Waals surface area contributed by atoms with Gasteiger partial charge < -0.3 is 10.5 Å². The molecule has 1 aliphatic rings. The zero-order chi connectivity index (χ0) is 14.6. The smallest absolute Gasteiger partial charge is 0.0674 e. The topological polar surface area (TPSA) is 38.5 Å². The maximum absolute atomic E-state index is 6.12. The lowest BCUT2D eigenvalue weighted by Crippen LogP contribution is -2.54. The Bertz CT molecular complexity index is 409. The fraction of sp³-hybridized carbons (Fsp3) is 0.647. The first kappa shape index (κ1) is 15.5. The fourth-order valence-electron chi connectivity index (χ4n) is 3.04. The number of nitrogens with zero attached hydrogens (tertiary/aromatic N) is 1. The molecule has 1 aliphatic heterocycles. The third-order valence-electron chi connectivity index (χ3n) is 4.53. The SMILES string of the molecule is CCC1COC(C)CN1CC(C)(CN)c1ccccc1. The first-order valence-corrected chi connectivity index (χ1v) is 7.70. The van der Waals surface area contributed by atoms with E-state index in [4.69, 9.17) is 10.5 Å². The van der Waals surface area contributed by atoms with E-state index < -0.39 is 0 Å². The highest BCUT2D eigenvalue weighted by Gasteiger charge is 2.33. The standard InChI is InChI=1S/C17H28N2O/c1-4-16-11-20-14(2)10-19(16)13-17(3,12-18)15-8-6-5-7-9-15/h5-9,14,16H,4,10-13,18H2,1-3H3. The summed E-state index contributed by atoms with van der Waals surface area (Å²) in [6, 6.07) is 11.2. The minimum Gasteiger partial charge on any atom is -0.376 e. The van der Waals surface area contributed by atoms with E-state index in [1.807, 2.05) is 0 Å². The van der Waals surface area contributed by atoms with E-state index in [0.29, 0.717) is 18.7 Å². The molecule has 2 rings (SSSR count). The predicted molar refractivity (Wildman–Crippen MR) is 83.9 cm³/mol. The second kappa shape index (κ2) is 6.70. The fourth-order valence-corrected chi connectivity index (χ4v) is 3.04. The first-order chi connectivity index (χ1) is 9.59. The van der Waals surface area contributed by atoms with Gasteiger partial charge in [-0.1, -0.05) is 44.2 Å². The summed E-state index contributed by atoms with van der Waals surface area (Å²) in [6.07, 6.45) is 1.44. The van der Waals surface area contributed by atoms with Gasteiger partial charge in [-0.2, -0.15) is 0 Å². The van der Waals surface area contributed by atoms with Gasteiger partial charge in [0.2, 0.25) is 0 Å². The molecule has 20 heavy (non-hydrogen) atoms. The van der Waals surface area contributed by atoms with Gasteiger partial charge in [0.05, 0.1) is 12.7 Å². The molecular formula is C17H28N2O. The van der Waals surface area contributed by atoms with Crippen molar-refractivity contribution in [1.29, 1.82) is 0 Å². The Balaban J connectivity index is 2.15. The van der Waals surface area contributed by atoms with E-state index in [1.54, 1.807) is 0 Å². The Hall–Kier alpha value is -0.900. The van der Waals surface area contributed by atoms with Crippen molar-refractivity contribution in [2.75, 3.05) is 26.2 Å². The highest BCUT2D eigenvalue weighted by molar-refractivity contribution is 5.25. The Labute approximate surface area is 123 Å². The number of nitrogens with two attached hydrogens (primary N) is 1. The van der Waals surface area contributed by atoms with Crippen LogP contribution in [0, 0.1) is 0 Å². The molecule has 0 bridgehead atoms. The summed E-state index contributed by atoms with van der Waals surface area (Å²) >= 11 is 0. The van der Waals surface area contributed by atoms with Gasteiger partial charge in [-0.15, -0.1) is 0 Å². The molecule has 1 fully saturated rings. The van der Waals surface area contributed by atoms with Crippen LogP contribution in [-0.4, -0.2) is 43.3 Å². The lowest BCUT2D eigenvalue weighted by atomic mass is 9.81. The van der Waals surface area contributed by atoms with Gasteiger partial charge in [0.15, 0.2) is 0 Å². The average molecular weight is 276 g/mol. The molecule has 0 spiro atoms. The molecule has 3 nitrogen and oxygen atoms in total. The third-order valence-corrected chi connectivity index (χ3v) is 4.53. The highest BCUT2D eigenvalue weighted by Crippen LogP contribution is 2.26. The lowest BCUT2D eigenvalue weighted by Gasteiger charge is -2.43. The molecule has 1 heterocycles. The zero-order valence-electron chi connectivity index (χ0n) is 13.0. The summed E-state index contributed by atoms with van der Waals surface area (Å²) < 4.78 is 5.79. The van der Waals surface area contributed by atoms with Crippen LogP contribution in [0.2, 0.25) is 0 Å². The largest absolute Gasteiger partial charge is 0.376 e. The second-order valence-corrected chi connectivity index (χ2v) is 6.27. The molecule has 1 aromatic carbocycles. The van der Waals surface area contributed by atoms with Crippen LogP contribution in [0.5, 0.6) is 0 Å². The van der Waals surface area contributed by atoms with Crippen molar-refractivity contribution in [3.05, 3.63) is 35.9 Å². The minimum absolute atomic E-state index is 0.00569. The minimum atomic E-state index is 0.00569. The van der Waals surface area contributed by atoms with Crippen LogP contribution >= 0.6 is 0 Å². The van der Waals surface area contributed by atoms with Crippen LogP contribution in [0.4, 0.5) is 0 Å². The van der Waals surface area contributed by atoms with E-state index in [2.05, 4.69) is 56.0 Å². The number of hydrogen-bond donors (Lipinski definition) is 1. The van der Waals surface area contributed by atoms with E-state index in [0.717, 1.165) is 26.1 Å². The normalized spacial score (nSPS) is 27.2. The van der Waals surface area contributed by atoms with Crippen LogP contribution < -0.4 is 5.73 Å². The number of morpholine rings is 1. The number of rotatable bonds is 5. The average Bonchev–Trinajstić information content (AvgIpc) is 2.48. The number of benzene rings is 1. The summed E-state index contributed by atoms with van der Waals surface area (Å²) in [4.78, 5) is 2.56. The molecule has 3 atom stereocenters. The van der Waals surface area contributed by atoms with Crippen molar-refractivity contribution in [3.63, 3.8) is 0 Å². The Kier molecular flexibility index (Phi) is 5.19. The van der Waals surface area contributed by atoms with Gasteiger partial charge >= 0.3 is 0 Å². The van der Waals surface area contributed by atoms with Gasteiger partial charge in [0.1, 0.15) is 0 Å². The van der Waals surface area contributed by atoms with Gasteiger partial charge in [0.25, 0.3) is 0 Å². The van der Waals surface area contributed by atoms with Gasteiger partial charge in [-0.05, 0) is 18.9 Å². The van der Waals surface area contributed by atoms with E-state index in [-0.39, 0.29) is 5.41 Å². The van der Waals surface area contributed by atoms with Crippen molar-refractivity contribution in [2.45, 2.75) is 44.8 Å². The molecule has 0 saturated carbocycles. The first-order valence-electron chi connectivity index (χ1n) is 7.70. The highest BCUT2D eigenvalue weighted by atomic mass is 16.5. The molecule has 3 heteroatoms. The number of hydrogen-bond acceptors (Lipinski definition) is 3. The van der Waals surface area contributed by atoms with Crippen molar-refractivity contribution in [3.8, 4) is 0 Å². The Morgan fingerprint density at radius 2 is 2.05 bits per heavy atom. The van der Waals surface area contributed by atoms with E-state index in [1.165, 1.54) is 5.56 Å². The van der Waals surface area contributed by atoms with E-state index >= 15 is 0 Å².